The van der Waals surface area contributed by atoms with E-state index in [0.29, 0.717) is 13.2 Å². The van der Waals surface area contributed by atoms with Crippen molar-refractivity contribution in [2.24, 2.45) is 0 Å². The number of hydrogen-bond donors (Lipinski definition) is 1. The van der Waals surface area contributed by atoms with Crippen LogP contribution in [-0.4, -0.2) is 39.5 Å². The standard InChI is InChI=1S/C18H19N5O2/c1-2-4-15(5-3-1)23-18(20-21-22-23)12-19-14-6-8-16(9-7-14)25-17-10-11-24-13-17/h1-9,17,19H,10-13H2/t17-/m0/s1. The average Bonchev–Trinajstić information content (AvgIpc) is 3.33. The van der Waals surface area contributed by atoms with Crippen LogP contribution in [0, 0.1) is 0 Å². The molecule has 1 aliphatic heterocycles. The van der Waals surface area contributed by atoms with Gasteiger partial charge < -0.3 is 14.8 Å². The predicted octanol–water partition coefficient (Wildman–Crippen LogP) is 2.44. The first-order valence-corrected chi connectivity index (χ1v) is 8.29. The minimum Gasteiger partial charge on any atom is -0.488 e. The second-order valence-electron chi connectivity index (χ2n) is 5.82. The number of para-hydroxylation sites is 1. The molecule has 0 aliphatic carbocycles. The first kappa shape index (κ1) is 15.6. The summed E-state index contributed by atoms with van der Waals surface area (Å²) < 4.78 is 12.9. The molecule has 1 fully saturated rings. The van der Waals surface area contributed by atoms with E-state index in [1.165, 1.54) is 0 Å². The Bertz CT molecular complexity index is 798. The van der Waals surface area contributed by atoms with E-state index >= 15 is 0 Å². The number of tetrazole rings is 1. The molecule has 3 aromatic rings. The minimum absolute atomic E-state index is 0.161. The molecule has 128 valence electrons. The van der Waals surface area contributed by atoms with Crippen LogP contribution in [0.2, 0.25) is 0 Å². The van der Waals surface area contributed by atoms with Gasteiger partial charge >= 0.3 is 0 Å². The fourth-order valence-corrected chi connectivity index (χ4v) is 2.72. The van der Waals surface area contributed by atoms with Crippen molar-refractivity contribution in [3.63, 3.8) is 0 Å². The lowest BCUT2D eigenvalue weighted by Crippen LogP contribution is -2.15. The molecule has 0 radical (unpaired) electrons. The van der Waals surface area contributed by atoms with Crippen molar-refractivity contribution >= 4 is 5.69 Å². The van der Waals surface area contributed by atoms with Gasteiger partial charge in [0.15, 0.2) is 5.82 Å². The molecule has 2 aromatic carbocycles. The first-order valence-electron chi connectivity index (χ1n) is 8.29. The largest absolute Gasteiger partial charge is 0.488 e. The van der Waals surface area contributed by atoms with Crippen LogP contribution in [0.5, 0.6) is 5.75 Å². The van der Waals surface area contributed by atoms with E-state index in [9.17, 15) is 0 Å². The average molecular weight is 337 g/mol. The Hall–Kier alpha value is -2.93. The number of hydrogen-bond acceptors (Lipinski definition) is 6. The second kappa shape index (κ2) is 7.31. The maximum Gasteiger partial charge on any atom is 0.175 e. The third-order valence-corrected chi connectivity index (χ3v) is 4.03. The Morgan fingerprint density at radius 2 is 1.96 bits per heavy atom. The normalized spacial score (nSPS) is 16.7. The second-order valence-corrected chi connectivity index (χ2v) is 5.82. The maximum atomic E-state index is 5.87. The molecule has 7 heteroatoms. The molecule has 0 unspecified atom stereocenters. The molecule has 1 N–H and O–H groups in total. The van der Waals surface area contributed by atoms with E-state index in [1.807, 2.05) is 54.6 Å². The summed E-state index contributed by atoms with van der Waals surface area (Å²) in [5, 5.41) is 15.3. The van der Waals surface area contributed by atoms with Crippen LogP contribution in [0.15, 0.2) is 54.6 Å². The Morgan fingerprint density at radius 3 is 2.72 bits per heavy atom. The van der Waals surface area contributed by atoms with E-state index in [2.05, 4.69) is 20.8 Å². The Morgan fingerprint density at radius 1 is 1.12 bits per heavy atom. The van der Waals surface area contributed by atoms with Crippen LogP contribution in [0.4, 0.5) is 5.69 Å². The minimum atomic E-state index is 0.161. The quantitative estimate of drug-likeness (QED) is 0.745. The van der Waals surface area contributed by atoms with Crippen molar-refractivity contribution in [1.82, 2.24) is 20.2 Å². The van der Waals surface area contributed by atoms with Crippen LogP contribution in [-0.2, 0) is 11.3 Å². The number of ether oxygens (including phenoxy) is 2. The molecule has 1 aliphatic rings. The van der Waals surface area contributed by atoms with Gasteiger partial charge in [0.1, 0.15) is 11.9 Å². The van der Waals surface area contributed by atoms with Gasteiger partial charge in [-0.15, -0.1) is 5.10 Å². The molecule has 1 atom stereocenters. The zero-order valence-electron chi connectivity index (χ0n) is 13.7. The van der Waals surface area contributed by atoms with Crippen LogP contribution in [0.25, 0.3) is 5.69 Å². The van der Waals surface area contributed by atoms with Gasteiger partial charge in [-0.05, 0) is 46.8 Å². The van der Waals surface area contributed by atoms with Crippen molar-refractivity contribution in [3.05, 3.63) is 60.4 Å². The van der Waals surface area contributed by atoms with E-state index in [4.69, 9.17) is 9.47 Å². The molecule has 0 amide bonds. The summed E-state index contributed by atoms with van der Waals surface area (Å²) in [5.41, 5.74) is 1.92. The Kier molecular flexibility index (Phi) is 4.56. The molecular formula is C18H19N5O2. The zero-order chi connectivity index (χ0) is 16.9. The fourth-order valence-electron chi connectivity index (χ4n) is 2.72. The van der Waals surface area contributed by atoms with Gasteiger partial charge in [-0.1, -0.05) is 18.2 Å². The van der Waals surface area contributed by atoms with Gasteiger partial charge in [0.2, 0.25) is 0 Å². The molecule has 4 rings (SSSR count). The number of nitrogens with zero attached hydrogens (tertiary/aromatic N) is 4. The van der Waals surface area contributed by atoms with Gasteiger partial charge in [-0.3, -0.25) is 0 Å². The summed E-state index contributed by atoms with van der Waals surface area (Å²) in [6, 6.07) is 17.7. The van der Waals surface area contributed by atoms with Crippen molar-refractivity contribution in [3.8, 4) is 11.4 Å². The highest BCUT2D eigenvalue weighted by Crippen LogP contribution is 2.20. The van der Waals surface area contributed by atoms with E-state index < -0.39 is 0 Å². The summed E-state index contributed by atoms with van der Waals surface area (Å²) in [7, 11) is 0. The zero-order valence-corrected chi connectivity index (χ0v) is 13.7. The Labute approximate surface area is 145 Å². The number of anilines is 1. The van der Waals surface area contributed by atoms with Gasteiger partial charge in [0.05, 0.1) is 25.4 Å². The number of nitrogens with one attached hydrogen (secondary N) is 1. The molecule has 0 bridgehead atoms. The molecule has 25 heavy (non-hydrogen) atoms. The molecule has 1 aromatic heterocycles. The predicted molar refractivity (Wildman–Crippen MR) is 92.8 cm³/mol. The first-order chi connectivity index (χ1) is 12.4. The van der Waals surface area contributed by atoms with Gasteiger partial charge in [-0.2, -0.15) is 4.68 Å². The van der Waals surface area contributed by atoms with E-state index in [-0.39, 0.29) is 6.10 Å². The van der Waals surface area contributed by atoms with Crippen molar-refractivity contribution in [1.29, 1.82) is 0 Å². The Balaban J connectivity index is 1.38. The number of rotatable bonds is 6. The third kappa shape index (κ3) is 3.77. The van der Waals surface area contributed by atoms with Crippen molar-refractivity contribution in [2.75, 3.05) is 18.5 Å². The van der Waals surface area contributed by atoms with E-state index in [1.54, 1.807) is 4.68 Å². The highest BCUT2D eigenvalue weighted by Gasteiger charge is 2.16. The summed E-state index contributed by atoms with van der Waals surface area (Å²) >= 11 is 0. The summed E-state index contributed by atoms with van der Waals surface area (Å²) in [6.07, 6.45) is 1.11. The lowest BCUT2D eigenvalue weighted by molar-refractivity contribution is 0.141. The maximum absolute atomic E-state index is 5.87. The monoisotopic (exact) mass is 337 g/mol. The van der Waals surface area contributed by atoms with Crippen LogP contribution < -0.4 is 10.1 Å². The van der Waals surface area contributed by atoms with Gasteiger partial charge in [0, 0.05) is 12.1 Å². The van der Waals surface area contributed by atoms with Gasteiger partial charge in [0.25, 0.3) is 0 Å². The molecule has 0 spiro atoms. The fraction of sp³-hybridized carbons (Fsp3) is 0.278. The molecule has 1 saturated heterocycles. The summed E-state index contributed by atoms with van der Waals surface area (Å²) in [6.45, 7) is 1.97. The molecular weight excluding hydrogens is 318 g/mol. The summed E-state index contributed by atoms with van der Waals surface area (Å²) in [4.78, 5) is 0. The molecule has 0 saturated carbocycles. The third-order valence-electron chi connectivity index (χ3n) is 4.03. The molecule has 2 heterocycles. The SMILES string of the molecule is c1ccc(-n2nnnc2CNc2ccc(O[C@H]3CCOC3)cc2)cc1. The highest BCUT2D eigenvalue weighted by molar-refractivity contribution is 5.46. The number of aromatic nitrogens is 4. The van der Waals surface area contributed by atoms with Crippen LogP contribution >= 0.6 is 0 Å². The van der Waals surface area contributed by atoms with Crippen molar-refractivity contribution < 1.29 is 9.47 Å². The topological polar surface area (TPSA) is 74.1 Å². The smallest absolute Gasteiger partial charge is 0.175 e. The lowest BCUT2D eigenvalue weighted by Gasteiger charge is -2.12. The van der Waals surface area contributed by atoms with Crippen LogP contribution in [0.1, 0.15) is 12.2 Å². The lowest BCUT2D eigenvalue weighted by atomic mass is 10.2. The molecule has 7 nitrogen and oxygen atoms in total. The number of benzene rings is 2. The van der Waals surface area contributed by atoms with Gasteiger partial charge in [-0.25, -0.2) is 0 Å². The highest BCUT2D eigenvalue weighted by atomic mass is 16.5. The van der Waals surface area contributed by atoms with Crippen molar-refractivity contribution in [2.45, 2.75) is 19.1 Å². The summed E-state index contributed by atoms with van der Waals surface area (Å²) in [5.74, 6) is 1.60. The van der Waals surface area contributed by atoms with Crippen LogP contribution in [0.3, 0.4) is 0 Å². The van der Waals surface area contributed by atoms with E-state index in [0.717, 1.165) is 36.0 Å².